The zero-order valence-corrected chi connectivity index (χ0v) is 14.5. The van der Waals surface area contributed by atoms with Crippen LogP contribution in [-0.4, -0.2) is 34.7 Å². The minimum absolute atomic E-state index is 0.0336. The summed E-state index contributed by atoms with van der Waals surface area (Å²) in [6.45, 7) is 1.53. The van der Waals surface area contributed by atoms with E-state index in [1.54, 1.807) is 0 Å². The molecule has 10 heteroatoms. The number of hydrogen-bond donors (Lipinski definition) is 0. The van der Waals surface area contributed by atoms with Gasteiger partial charge >= 0.3 is 11.7 Å². The predicted molar refractivity (Wildman–Crippen MR) is 87.8 cm³/mol. The first-order valence-electron chi connectivity index (χ1n) is 7.95. The molecule has 26 heavy (non-hydrogen) atoms. The first-order valence-corrected chi connectivity index (χ1v) is 7.95. The Balaban J connectivity index is 1.81. The number of nitro benzene ring substituents is 1. The summed E-state index contributed by atoms with van der Waals surface area (Å²) >= 11 is 0. The van der Waals surface area contributed by atoms with Gasteiger partial charge in [-0.15, -0.1) is 0 Å². The lowest BCUT2D eigenvalue weighted by molar-refractivity contribution is -0.385. The van der Waals surface area contributed by atoms with Crippen LogP contribution in [0.25, 0.3) is 0 Å². The third kappa shape index (κ3) is 5.43. The minimum atomic E-state index is -0.643. The van der Waals surface area contributed by atoms with Crippen LogP contribution in [-0.2, 0) is 22.6 Å². The average molecular weight is 365 g/mol. The highest BCUT2D eigenvalue weighted by Crippen LogP contribution is 2.30. The Bertz CT molecular complexity index is 760. The number of nitrogens with zero attached hydrogens (tertiary/aromatic N) is 3. The number of benzene rings is 1. The maximum atomic E-state index is 11.7. The number of nitro groups is 1. The lowest BCUT2D eigenvalue weighted by Crippen LogP contribution is -2.15. The molecule has 0 amide bonds. The van der Waals surface area contributed by atoms with Crippen molar-refractivity contribution in [2.45, 2.75) is 32.8 Å². The van der Waals surface area contributed by atoms with Crippen LogP contribution in [0.15, 0.2) is 22.7 Å². The van der Waals surface area contributed by atoms with Gasteiger partial charge in [-0.3, -0.25) is 10.1 Å². The summed E-state index contributed by atoms with van der Waals surface area (Å²) < 4.78 is 20.1. The van der Waals surface area contributed by atoms with E-state index in [4.69, 9.17) is 18.7 Å². The molecule has 0 aliphatic rings. The van der Waals surface area contributed by atoms with Crippen LogP contribution in [0.3, 0.4) is 0 Å². The van der Waals surface area contributed by atoms with E-state index in [0.29, 0.717) is 12.2 Å². The largest absolute Gasteiger partial charge is 0.490 e. The van der Waals surface area contributed by atoms with Crippen molar-refractivity contribution < 1.29 is 28.5 Å². The highest BCUT2D eigenvalue weighted by atomic mass is 16.6. The van der Waals surface area contributed by atoms with Crippen molar-refractivity contribution in [1.82, 2.24) is 10.1 Å². The molecule has 0 fully saturated rings. The van der Waals surface area contributed by atoms with E-state index < -0.39 is 10.9 Å². The molecule has 1 aromatic heterocycles. The van der Waals surface area contributed by atoms with Gasteiger partial charge in [0.05, 0.1) is 12.0 Å². The topological polar surface area (TPSA) is 127 Å². The number of carbonyl (C=O) groups excluding carboxylic acids is 1. The second-order valence-electron chi connectivity index (χ2n) is 5.25. The molecule has 0 N–H and O–H groups in total. The molecule has 10 nitrogen and oxygen atoms in total. The van der Waals surface area contributed by atoms with Crippen LogP contribution in [0.2, 0.25) is 0 Å². The third-order valence-corrected chi connectivity index (χ3v) is 3.33. The number of ether oxygens (including phenoxy) is 3. The van der Waals surface area contributed by atoms with Gasteiger partial charge in [0.25, 0.3) is 5.89 Å². The van der Waals surface area contributed by atoms with E-state index in [9.17, 15) is 14.9 Å². The monoisotopic (exact) mass is 365 g/mol. The first kappa shape index (κ1) is 19.2. The third-order valence-electron chi connectivity index (χ3n) is 3.33. The zero-order chi connectivity index (χ0) is 18.9. The minimum Gasteiger partial charge on any atom is -0.490 e. The number of rotatable bonds is 10. The highest BCUT2D eigenvalue weighted by molar-refractivity contribution is 5.71. The maximum Gasteiger partial charge on any atom is 0.344 e. The highest BCUT2D eigenvalue weighted by Gasteiger charge is 2.16. The molecule has 0 spiro atoms. The lowest BCUT2D eigenvalue weighted by atomic mass is 10.2. The summed E-state index contributed by atoms with van der Waals surface area (Å²) in [6, 6.07) is 3.92. The summed E-state index contributed by atoms with van der Waals surface area (Å²) in [5.41, 5.74) is -0.197. The van der Waals surface area contributed by atoms with Gasteiger partial charge in [0.15, 0.2) is 19.0 Å². The fraction of sp³-hybridized carbons (Fsp3) is 0.438. The standard InChI is InChI=1S/C16H19N3O7/c1-3-4-5-14-17-15(26-18-14)9-25-16(20)10-24-11-6-7-12(19(21)22)13(8-11)23-2/h6-8H,3-5,9-10H2,1-2H3. The smallest absolute Gasteiger partial charge is 0.344 e. The van der Waals surface area contributed by atoms with E-state index in [1.165, 1.54) is 25.3 Å². The Kier molecular flexibility index (Phi) is 6.89. The Morgan fingerprint density at radius 3 is 2.88 bits per heavy atom. The van der Waals surface area contributed by atoms with Gasteiger partial charge in [-0.2, -0.15) is 4.98 Å². The van der Waals surface area contributed by atoms with Gasteiger partial charge in [0, 0.05) is 18.6 Å². The summed E-state index contributed by atoms with van der Waals surface area (Å²) in [6.07, 6.45) is 2.67. The molecule has 0 atom stereocenters. The second-order valence-corrected chi connectivity index (χ2v) is 5.25. The van der Waals surface area contributed by atoms with Crippen molar-refractivity contribution in [3.05, 3.63) is 40.0 Å². The Morgan fingerprint density at radius 2 is 2.19 bits per heavy atom. The van der Waals surface area contributed by atoms with Gasteiger partial charge in [-0.25, -0.2) is 4.79 Å². The van der Waals surface area contributed by atoms with Crippen LogP contribution in [0.5, 0.6) is 11.5 Å². The summed E-state index contributed by atoms with van der Waals surface area (Å²) in [5, 5.41) is 14.6. The molecule has 0 unspecified atom stereocenters. The molecular formula is C16H19N3O7. The lowest BCUT2D eigenvalue weighted by Gasteiger charge is -2.07. The summed E-state index contributed by atoms with van der Waals surface area (Å²) in [5.74, 6) is 0.416. The van der Waals surface area contributed by atoms with E-state index >= 15 is 0 Å². The number of carbonyl (C=O) groups is 1. The Labute approximate surface area is 149 Å². The number of unbranched alkanes of at least 4 members (excludes halogenated alkanes) is 1. The molecule has 0 bridgehead atoms. The van der Waals surface area contributed by atoms with E-state index in [1.807, 2.05) is 0 Å². The second kappa shape index (κ2) is 9.35. The van der Waals surface area contributed by atoms with E-state index in [0.717, 1.165) is 12.8 Å². The van der Waals surface area contributed by atoms with E-state index in [2.05, 4.69) is 17.1 Å². The number of esters is 1. The van der Waals surface area contributed by atoms with Crippen molar-refractivity contribution in [3.63, 3.8) is 0 Å². The van der Waals surface area contributed by atoms with Crippen molar-refractivity contribution in [3.8, 4) is 11.5 Å². The number of aryl methyl sites for hydroxylation is 1. The SMILES string of the molecule is CCCCc1noc(COC(=O)COc2ccc([N+](=O)[O-])c(OC)c2)n1. The zero-order valence-electron chi connectivity index (χ0n) is 14.5. The summed E-state index contributed by atoms with van der Waals surface area (Å²) in [4.78, 5) is 26.1. The Hall–Kier alpha value is -3.17. The van der Waals surface area contributed by atoms with Crippen LogP contribution in [0, 0.1) is 10.1 Å². The van der Waals surface area contributed by atoms with Gasteiger partial charge in [-0.05, 0) is 12.5 Å². The molecule has 2 rings (SSSR count). The van der Waals surface area contributed by atoms with Crippen molar-refractivity contribution in [2.75, 3.05) is 13.7 Å². The Morgan fingerprint density at radius 1 is 1.38 bits per heavy atom. The molecule has 1 aromatic carbocycles. The van der Waals surface area contributed by atoms with E-state index in [-0.39, 0.29) is 36.3 Å². The molecule has 0 saturated heterocycles. The molecule has 2 aromatic rings. The molecule has 1 heterocycles. The quantitative estimate of drug-likeness (QED) is 0.354. The maximum absolute atomic E-state index is 11.7. The molecule has 0 saturated carbocycles. The number of aromatic nitrogens is 2. The van der Waals surface area contributed by atoms with Crippen LogP contribution in [0.1, 0.15) is 31.5 Å². The van der Waals surface area contributed by atoms with Crippen LogP contribution in [0.4, 0.5) is 5.69 Å². The molecular weight excluding hydrogens is 346 g/mol. The average Bonchev–Trinajstić information content (AvgIpc) is 3.10. The van der Waals surface area contributed by atoms with Crippen molar-refractivity contribution in [2.24, 2.45) is 0 Å². The molecule has 0 aliphatic carbocycles. The predicted octanol–water partition coefficient (Wildman–Crippen LogP) is 2.45. The van der Waals surface area contributed by atoms with Gasteiger partial charge < -0.3 is 18.7 Å². The van der Waals surface area contributed by atoms with Gasteiger partial charge in [-0.1, -0.05) is 18.5 Å². The molecule has 140 valence electrons. The fourth-order valence-electron chi connectivity index (χ4n) is 2.01. The summed E-state index contributed by atoms with van der Waals surface area (Å²) in [7, 11) is 1.31. The van der Waals surface area contributed by atoms with Crippen LogP contribution < -0.4 is 9.47 Å². The van der Waals surface area contributed by atoms with Gasteiger partial charge in [0.2, 0.25) is 5.75 Å². The van der Waals surface area contributed by atoms with Crippen molar-refractivity contribution >= 4 is 11.7 Å². The number of hydrogen-bond acceptors (Lipinski definition) is 9. The molecule has 0 aliphatic heterocycles. The fourth-order valence-corrected chi connectivity index (χ4v) is 2.01. The first-order chi connectivity index (χ1) is 12.5. The van der Waals surface area contributed by atoms with Crippen molar-refractivity contribution in [1.29, 1.82) is 0 Å². The number of methoxy groups -OCH3 is 1. The molecule has 0 radical (unpaired) electrons. The normalized spacial score (nSPS) is 10.4. The van der Waals surface area contributed by atoms with Crippen LogP contribution >= 0.6 is 0 Å². The van der Waals surface area contributed by atoms with Gasteiger partial charge in [0.1, 0.15) is 5.75 Å².